The maximum atomic E-state index is 10.4. The van der Waals surface area contributed by atoms with Gasteiger partial charge < -0.3 is 14.3 Å². The first-order valence-electron chi connectivity index (χ1n) is 10.4. The van der Waals surface area contributed by atoms with E-state index < -0.39 is 0 Å². The molecule has 1 aromatic heterocycles. The van der Waals surface area contributed by atoms with Gasteiger partial charge in [0.1, 0.15) is 11.5 Å². The third-order valence-corrected chi connectivity index (χ3v) is 5.80. The minimum Gasteiger partial charge on any atom is -0.496 e. The van der Waals surface area contributed by atoms with E-state index in [4.69, 9.17) is 14.1 Å². The lowest BCUT2D eigenvalue weighted by molar-refractivity contribution is 0.0433. The Hall–Kier alpha value is -1.85. The van der Waals surface area contributed by atoms with E-state index in [-0.39, 0.29) is 6.10 Å². The minimum atomic E-state index is -0.166. The number of rotatable bonds is 7. The molecule has 0 saturated carbocycles. The zero-order valence-electron chi connectivity index (χ0n) is 17.9. The normalized spacial score (nSPS) is 17.2. The Balaban J connectivity index is 1.61. The summed E-state index contributed by atoms with van der Waals surface area (Å²) in [5, 5.41) is 10.4. The third kappa shape index (κ3) is 4.95. The summed E-state index contributed by atoms with van der Waals surface area (Å²) in [5.41, 5.74) is 3.05. The molecule has 1 aromatic carbocycles. The molecular formula is C23H34N2O3. The molecule has 2 aromatic rings. The fourth-order valence-electron chi connectivity index (χ4n) is 4.09. The molecule has 1 fully saturated rings. The van der Waals surface area contributed by atoms with Crippen LogP contribution in [0.1, 0.15) is 50.1 Å². The van der Waals surface area contributed by atoms with Crippen molar-refractivity contribution in [2.45, 2.75) is 59.6 Å². The largest absolute Gasteiger partial charge is 0.496 e. The van der Waals surface area contributed by atoms with Crippen molar-refractivity contribution in [3.63, 3.8) is 0 Å². The molecule has 1 aliphatic rings. The molecule has 1 aliphatic heterocycles. The molecule has 5 heteroatoms. The Bertz CT molecular complexity index is 776. The van der Waals surface area contributed by atoms with Gasteiger partial charge in [-0.15, -0.1) is 0 Å². The molecule has 0 amide bonds. The van der Waals surface area contributed by atoms with E-state index in [1.54, 1.807) is 7.11 Å². The SMILES string of the molecule is COc1ccc(-c2nc(CN3CCC([C@@H](O)CC(C)C)CC3)c(C)o2)cc1C. The van der Waals surface area contributed by atoms with Crippen LogP contribution in [0, 0.1) is 25.7 Å². The number of ether oxygens (including phenoxy) is 1. The highest BCUT2D eigenvalue weighted by atomic mass is 16.5. The van der Waals surface area contributed by atoms with Crippen molar-refractivity contribution in [1.29, 1.82) is 0 Å². The quantitative estimate of drug-likeness (QED) is 0.754. The first-order chi connectivity index (χ1) is 13.4. The number of hydrogen-bond donors (Lipinski definition) is 1. The van der Waals surface area contributed by atoms with Crippen molar-refractivity contribution in [2.75, 3.05) is 20.2 Å². The first-order valence-corrected chi connectivity index (χ1v) is 10.4. The number of piperidine rings is 1. The second kappa shape index (κ2) is 9.10. The standard InChI is InChI=1S/C23H34N2O3/c1-15(2)12-21(26)18-8-10-25(11-9-18)14-20-17(4)28-23(24-20)19-6-7-22(27-5)16(3)13-19/h6-7,13,15,18,21,26H,8-12,14H2,1-5H3/t21-/m0/s1. The van der Waals surface area contributed by atoms with E-state index in [9.17, 15) is 5.11 Å². The zero-order chi connectivity index (χ0) is 20.3. The van der Waals surface area contributed by atoms with Gasteiger partial charge >= 0.3 is 0 Å². The maximum Gasteiger partial charge on any atom is 0.226 e. The molecule has 2 heterocycles. The van der Waals surface area contributed by atoms with Crippen LogP contribution in [0.3, 0.4) is 0 Å². The molecule has 3 rings (SSSR count). The van der Waals surface area contributed by atoms with E-state index in [1.165, 1.54) is 0 Å². The number of aliphatic hydroxyl groups excluding tert-OH is 1. The monoisotopic (exact) mass is 386 g/mol. The smallest absolute Gasteiger partial charge is 0.226 e. The zero-order valence-corrected chi connectivity index (χ0v) is 17.9. The highest BCUT2D eigenvalue weighted by molar-refractivity contribution is 5.57. The fourth-order valence-corrected chi connectivity index (χ4v) is 4.09. The maximum absolute atomic E-state index is 10.4. The number of aromatic nitrogens is 1. The number of hydrogen-bond acceptors (Lipinski definition) is 5. The van der Waals surface area contributed by atoms with Gasteiger partial charge in [0.15, 0.2) is 0 Å². The summed E-state index contributed by atoms with van der Waals surface area (Å²) >= 11 is 0. The average molecular weight is 387 g/mol. The van der Waals surface area contributed by atoms with Crippen LogP contribution in [0.15, 0.2) is 22.6 Å². The van der Waals surface area contributed by atoms with Crippen molar-refractivity contribution in [3.05, 3.63) is 35.2 Å². The molecule has 154 valence electrons. The van der Waals surface area contributed by atoms with Gasteiger partial charge in [0, 0.05) is 12.1 Å². The van der Waals surface area contributed by atoms with Crippen molar-refractivity contribution in [2.24, 2.45) is 11.8 Å². The van der Waals surface area contributed by atoms with Gasteiger partial charge in [0.25, 0.3) is 0 Å². The van der Waals surface area contributed by atoms with E-state index >= 15 is 0 Å². The number of benzene rings is 1. The molecule has 1 N–H and O–H groups in total. The minimum absolute atomic E-state index is 0.166. The van der Waals surface area contributed by atoms with Gasteiger partial charge in [-0.05, 0) is 81.8 Å². The Labute approximate surface area is 168 Å². The molecule has 1 saturated heterocycles. The van der Waals surface area contributed by atoms with Crippen molar-refractivity contribution in [3.8, 4) is 17.2 Å². The Morgan fingerprint density at radius 2 is 1.96 bits per heavy atom. The van der Waals surface area contributed by atoms with Crippen LogP contribution in [0.2, 0.25) is 0 Å². The number of methoxy groups -OCH3 is 1. The van der Waals surface area contributed by atoms with Gasteiger partial charge in [-0.25, -0.2) is 4.98 Å². The lowest BCUT2D eigenvalue weighted by atomic mass is 9.87. The first kappa shape index (κ1) is 20.9. The van der Waals surface area contributed by atoms with Crippen molar-refractivity contribution >= 4 is 0 Å². The summed E-state index contributed by atoms with van der Waals surface area (Å²) in [7, 11) is 1.68. The Morgan fingerprint density at radius 1 is 1.25 bits per heavy atom. The second-order valence-corrected chi connectivity index (χ2v) is 8.52. The van der Waals surface area contributed by atoms with Crippen LogP contribution in [0.4, 0.5) is 0 Å². The fraction of sp³-hybridized carbons (Fsp3) is 0.609. The number of likely N-dealkylation sites (tertiary alicyclic amines) is 1. The molecule has 28 heavy (non-hydrogen) atoms. The van der Waals surface area contributed by atoms with Crippen LogP contribution >= 0.6 is 0 Å². The van der Waals surface area contributed by atoms with Gasteiger partial charge in [-0.3, -0.25) is 4.90 Å². The molecule has 0 radical (unpaired) electrons. The summed E-state index contributed by atoms with van der Waals surface area (Å²) in [6.07, 6.45) is 2.84. The summed E-state index contributed by atoms with van der Waals surface area (Å²) < 4.78 is 11.3. The highest BCUT2D eigenvalue weighted by Gasteiger charge is 2.26. The van der Waals surface area contributed by atoms with Gasteiger partial charge in [-0.2, -0.15) is 0 Å². The predicted molar refractivity (Wildman–Crippen MR) is 111 cm³/mol. The lowest BCUT2D eigenvalue weighted by Gasteiger charge is -2.34. The Kier molecular flexibility index (Phi) is 6.78. The van der Waals surface area contributed by atoms with E-state index in [2.05, 4.69) is 24.8 Å². The predicted octanol–water partition coefficient (Wildman–Crippen LogP) is 4.59. The molecule has 5 nitrogen and oxygen atoms in total. The average Bonchev–Trinajstić information content (AvgIpc) is 3.02. The molecule has 1 atom stereocenters. The van der Waals surface area contributed by atoms with Gasteiger partial charge in [-0.1, -0.05) is 13.8 Å². The number of nitrogens with zero attached hydrogens (tertiary/aromatic N) is 2. The topological polar surface area (TPSA) is 58.7 Å². The number of oxazole rings is 1. The molecule has 0 bridgehead atoms. The van der Waals surface area contributed by atoms with E-state index in [0.717, 1.165) is 67.2 Å². The van der Waals surface area contributed by atoms with Crippen LogP contribution < -0.4 is 4.74 Å². The number of aliphatic hydroxyl groups is 1. The third-order valence-electron chi connectivity index (χ3n) is 5.80. The van der Waals surface area contributed by atoms with Crippen LogP contribution in [-0.4, -0.2) is 41.3 Å². The van der Waals surface area contributed by atoms with Gasteiger partial charge in [0.05, 0.1) is 18.9 Å². The molecular weight excluding hydrogens is 352 g/mol. The van der Waals surface area contributed by atoms with Crippen molar-refractivity contribution < 1.29 is 14.3 Å². The van der Waals surface area contributed by atoms with Crippen LogP contribution in [-0.2, 0) is 6.54 Å². The molecule has 0 spiro atoms. The summed E-state index contributed by atoms with van der Waals surface area (Å²) in [5.74, 6) is 3.39. The molecule has 0 aliphatic carbocycles. The van der Waals surface area contributed by atoms with E-state index in [0.29, 0.717) is 17.7 Å². The lowest BCUT2D eigenvalue weighted by Crippen LogP contribution is -2.38. The summed E-state index contributed by atoms with van der Waals surface area (Å²) in [6.45, 7) is 11.2. The number of aryl methyl sites for hydroxylation is 2. The van der Waals surface area contributed by atoms with Crippen LogP contribution in [0.5, 0.6) is 5.75 Å². The van der Waals surface area contributed by atoms with Crippen molar-refractivity contribution in [1.82, 2.24) is 9.88 Å². The molecule has 0 unspecified atom stereocenters. The van der Waals surface area contributed by atoms with Crippen LogP contribution in [0.25, 0.3) is 11.5 Å². The summed E-state index contributed by atoms with van der Waals surface area (Å²) in [6, 6.07) is 6.00. The van der Waals surface area contributed by atoms with E-state index in [1.807, 2.05) is 26.0 Å². The Morgan fingerprint density at radius 3 is 2.57 bits per heavy atom. The second-order valence-electron chi connectivity index (χ2n) is 8.52. The van der Waals surface area contributed by atoms with Gasteiger partial charge in [0.2, 0.25) is 5.89 Å². The summed E-state index contributed by atoms with van der Waals surface area (Å²) in [4.78, 5) is 7.19. The highest BCUT2D eigenvalue weighted by Crippen LogP contribution is 2.29.